The second-order valence-corrected chi connectivity index (χ2v) is 6.75. The van der Waals surface area contributed by atoms with Crippen molar-refractivity contribution in [3.8, 4) is 5.75 Å². The average molecular weight is 383 g/mol. The Morgan fingerprint density at radius 3 is 2.68 bits per heavy atom. The molecule has 0 radical (unpaired) electrons. The first-order valence-electron chi connectivity index (χ1n) is 7.28. The number of halogens is 2. The van der Waals surface area contributed by atoms with Gasteiger partial charge >= 0.3 is 0 Å². The minimum Gasteiger partial charge on any atom is -0.506 e. The molecular weight excluding hydrogens is 366 g/mol. The highest BCUT2D eigenvalue weighted by Crippen LogP contribution is 2.50. The van der Waals surface area contributed by atoms with Crippen LogP contribution in [0.2, 0.25) is 5.02 Å². The zero-order valence-electron chi connectivity index (χ0n) is 12.5. The Labute approximate surface area is 143 Å². The van der Waals surface area contributed by atoms with Crippen LogP contribution in [0.3, 0.4) is 0 Å². The van der Waals surface area contributed by atoms with E-state index in [4.69, 9.17) is 16.3 Å². The van der Waals surface area contributed by atoms with Gasteiger partial charge in [0.05, 0.1) is 12.3 Å². The minimum atomic E-state index is -0.592. The number of aromatic nitrogens is 1. The first-order chi connectivity index (χ1) is 10.5. The maximum atomic E-state index is 10.3. The van der Waals surface area contributed by atoms with Crippen LogP contribution in [0.4, 0.5) is 0 Å². The molecule has 0 saturated carbocycles. The highest BCUT2D eigenvalue weighted by molar-refractivity contribution is 9.10. The van der Waals surface area contributed by atoms with Crippen LogP contribution < -0.4 is 0 Å². The Morgan fingerprint density at radius 1 is 1.36 bits per heavy atom. The number of hydrogen-bond acceptors (Lipinski definition) is 3. The summed E-state index contributed by atoms with van der Waals surface area (Å²) in [6.45, 7) is 4.29. The summed E-state index contributed by atoms with van der Waals surface area (Å²) in [5.41, 5.74) is 2.80. The maximum Gasteiger partial charge on any atom is 0.142 e. The van der Waals surface area contributed by atoms with Gasteiger partial charge in [-0.3, -0.25) is 0 Å². The number of rotatable bonds is 3. The molecule has 1 atom stereocenters. The summed E-state index contributed by atoms with van der Waals surface area (Å²) in [6.07, 6.45) is 1.76. The van der Waals surface area contributed by atoms with Crippen LogP contribution in [0.5, 0.6) is 5.75 Å². The minimum absolute atomic E-state index is 0.227. The maximum absolute atomic E-state index is 10.3. The summed E-state index contributed by atoms with van der Waals surface area (Å²) >= 11 is 9.58. The summed E-state index contributed by atoms with van der Waals surface area (Å²) in [5, 5.41) is 11.0. The van der Waals surface area contributed by atoms with Gasteiger partial charge in [0, 0.05) is 16.1 Å². The molecule has 5 heteroatoms. The largest absolute Gasteiger partial charge is 0.506 e. The molecule has 0 spiro atoms. The Hall–Kier alpha value is -1.10. The average Bonchev–Trinajstić information content (AvgIpc) is 2.87. The first-order valence-corrected chi connectivity index (χ1v) is 8.45. The van der Waals surface area contributed by atoms with Crippen molar-refractivity contribution in [2.75, 3.05) is 0 Å². The van der Waals surface area contributed by atoms with Crippen molar-refractivity contribution in [1.29, 1.82) is 0 Å². The van der Waals surface area contributed by atoms with E-state index in [0.29, 0.717) is 17.3 Å². The smallest absolute Gasteiger partial charge is 0.142 e. The molecule has 1 aromatic heterocycles. The summed E-state index contributed by atoms with van der Waals surface area (Å²) in [6, 6.07) is 7.70. The number of hydrogen-bond donors (Lipinski definition) is 1. The van der Waals surface area contributed by atoms with Crippen LogP contribution in [-0.2, 0) is 16.9 Å². The second-order valence-electron chi connectivity index (χ2n) is 5.56. The van der Waals surface area contributed by atoms with E-state index in [1.807, 2.05) is 24.3 Å². The van der Waals surface area contributed by atoms with Crippen molar-refractivity contribution in [2.24, 2.45) is 0 Å². The fourth-order valence-corrected chi connectivity index (χ4v) is 4.13. The number of benzene rings is 1. The lowest BCUT2D eigenvalue weighted by atomic mass is 9.83. The third-order valence-corrected chi connectivity index (χ3v) is 5.01. The van der Waals surface area contributed by atoms with E-state index in [1.165, 1.54) is 0 Å². The van der Waals surface area contributed by atoms with Crippen molar-refractivity contribution in [1.82, 2.24) is 4.98 Å². The van der Waals surface area contributed by atoms with Gasteiger partial charge in [0.25, 0.3) is 0 Å². The lowest BCUT2D eigenvalue weighted by molar-refractivity contribution is -0.0128. The number of aryl methyl sites for hydroxylation is 1. The lowest BCUT2D eigenvalue weighted by Crippen LogP contribution is -2.27. The van der Waals surface area contributed by atoms with Crippen LogP contribution in [0.15, 0.2) is 28.9 Å². The lowest BCUT2D eigenvalue weighted by Gasteiger charge is -2.30. The fraction of sp³-hybridized carbons (Fsp3) is 0.353. The molecule has 116 valence electrons. The van der Waals surface area contributed by atoms with E-state index < -0.39 is 5.60 Å². The van der Waals surface area contributed by atoms with Gasteiger partial charge in [0.1, 0.15) is 16.0 Å². The number of nitrogens with zero attached hydrogens (tertiary/aromatic N) is 1. The molecule has 1 unspecified atom stereocenters. The molecule has 3 nitrogen and oxygen atoms in total. The number of fused-ring (bicyclic) bond motifs is 1. The molecule has 2 aromatic rings. The van der Waals surface area contributed by atoms with Crippen LogP contribution in [0.25, 0.3) is 0 Å². The zero-order valence-corrected chi connectivity index (χ0v) is 14.8. The molecule has 0 aliphatic carbocycles. The van der Waals surface area contributed by atoms with Crippen LogP contribution in [0.1, 0.15) is 42.1 Å². The normalized spacial score (nSPS) is 20.2. The molecule has 1 aliphatic heterocycles. The molecule has 0 bridgehead atoms. The van der Waals surface area contributed by atoms with Gasteiger partial charge in [0.2, 0.25) is 0 Å². The predicted molar refractivity (Wildman–Crippen MR) is 90.3 cm³/mol. The predicted octanol–water partition coefficient (Wildman–Crippen LogP) is 5.09. The number of ether oxygens (including phenoxy) is 1. The van der Waals surface area contributed by atoms with Gasteiger partial charge in [-0.25, -0.2) is 4.98 Å². The third-order valence-electron chi connectivity index (χ3n) is 4.18. The molecule has 1 aliphatic rings. The molecular formula is C17H17BrClNO2. The Balaban J connectivity index is 2.25. The van der Waals surface area contributed by atoms with E-state index in [0.717, 1.165) is 34.1 Å². The molecule has 0 fully saturated rings. The molecule has 0 saturated heterocycles. The standard InChI is InChI=1S/C17H17BrClNO2/c1-3-8-17(11-4-6-12(19)7-5-11)14-13(9-22-17)15(21)10(2)20-16(14)18/h4-7,21H,3,8-9H2,1-2H3. The van der Waals surface area contributed by atoms with Gasteiger partial charge in [0.15, 0.2) is 0 Å². The van der Waals surface area contributed by atoms with E-state index in [2.05, 4.69) is 27.8 Å². The highest BCUT2D eigenvalue weighted by atomic mass is 79.9. The van der Waals surface area contributed by atoms with Crippen molar-refractivity contribution in [3.05, 3.63) is 56.3 Å². The van der Waals surface area contributed by atoms with E-state index in [-0.39, 0.29) is 5.75 Å². The molecule has 1 aromatic carbocycles. The highest BCUT2D eigenvalue weighted by Gasteiger charge is 2.44. The second kappa shape index (κ2) is 5.84. The summed E-state index contributed by atoms with van der Waals surface area (Å²) in [5.74, 6) is 0.227. The van der Waals surface area contributed by atoms with Gasteiger partial charge in [-0.05, 0) is 47.0 Å². The summed E-state index contributed by atoms with van der Waals surface area (Å²) in [7, 11) is 0. The first kappa shape index (κ1) is 15.8. The van der Waals surface area contributed by atoms with E-state index in [9.17, 15) is 5.11 Å². The number of aromatic hydroxyl groups is 1. The summed E-state index contributed by atoms with van der Waals surface area (Å²) < 4.78 is 6.96. The van der Waals surface area contributed by atoms with Crippen molar-refractivity contribution in [2.45, 2.75) is 38.9 Å². The van der Waals surface area contributed by atoms with Crippen molar-refractivity contribution >= 4 is 27.5 Å². The van der Waals surface area contributed by atoms with Crippen molar-refractivity contribution in [3.63, 3.8) is 0 Å². The fourth-order valence-electron chi connectivity index (χ4n) is 3.18. The Kier molecular flexibility index (Phi) is 4.19. The van der Waals surface area contributed by atoms with Crippen LogP contribution >= 0.6 is 27.5 Å². The van der Waals surface area contributed by atoms with E-state index >= 15 is 0 Å². The SMILES string of the molecule is CCCC1(c2ccc(Cl)cc2)OCc2c(O)c(C)nc(Br)c21. The van der Waals surface area contributed by atoms with Gasteiger partial charge in [-0.15, -0.1) is 0 Å². The van der Waals surface area contributed by atoms with Crippen molar-refractivity contribution < 1.29 is 9.84 Å². The molecule has 2 heterocycles. The molecule has 0 amide bonds. The van der Waals surface area contributed by atoms with Gasteiger partial charge in [-0.1, -0.05) is 37.1 Å². The Bertz CT molecular complexity index is 718. The van der Waals surface area contributed by atoms with Crippen LogP contribution in [-0.4, -0.2) is 10.1 Å². The quantitative estimate of drug-likeness (QED) is 0.752. The summed E-state index contributed by atoms with van der Waals surface area (Å²) in [4.78, 5) is 4.43. The third kappa shape index (κ3) is 2.34. The van der Waals surface area contributed by atoms with Gasteiger partial charge < -0.3 is 9.84 Å². The topological polar surface area (TPSA) is 42.4 Å². The van der Waals surface area contributed by atoms with Crippen LogP contribution in [0, 0.1) is 6.92 Å². The van der Waals surface area contributed by atoms with E-state index in [1.54, 1.807) is 6.92 Å². The van der Waals surface area contributed by atoms with Gasteiger partial charge in [-0.2, -0.15) is 0 Å². The zero-order chi connectivity index (χ0) is 15.9. The molecule has 22 heavy (non-hydrogen) atoms. The number of pyridine rings is 1. The molecule has 1 N–H and O–H groups in total. The molecule has 3 rings (SSSR count). The Morgan fingerprint density at radius 2 is 2.05 bits per heavy atom. The monoisotopic (exact) mass is 381 g/mol.